The standard InChI is InChI=1S/C25H26FN5O/c1-27-25(29-12-10-19-16-30-24-14-20(26)8-9-23(19)24)31-15-18-5-4-7-22(13-18)32-17-21-6-2-3-11-28-21/h2-9,11,13-14,16,30H,10,12,15,17H2,1H3,(H2,27,29,31). The molecular formula is C25H26FN5O. The van der Waals surface area contributed by atoms with Crippen molar-refractivity contribution in [3.05, 3.63) is 95.7 Å². The highest BCUT2D eigenvalue weighted by atomic mass is 19.1. The van der Waals surface area contributed by atoms with Gasteiger partial charge in [0.2, 0.25) is 0 Å². The van der Waals surface area contributed by atoms with Gasteiger partial charge in [0.15, 0.2) is 5.96 Å². The molecule has 32 heavy (non-hydrogen) atoms. The normalized spacial score (nSPS) is 11.5. The summed E-state index contributed by atoms with van der Waals surface area (Å²) in [7, 11) is 1.75. The van der Waals surface area contributed by atoms with Crippen LogP contribution in [0.3, 0.4) is 0 Å². The van der Waals surface area contributed by atoms with Crippen molar-refractivity contribution in [2.45, 2.75) is 19.6 Å². The Balaban J connectivity index is 1.26. The number of aromatic amines is 1. The highest BCUT2D eigenvalue weighted by molar-refractivity contribution is 5.83. The number of pyridine rings is 1. The van der Waals surface area contributed by atoms with E-state index in [-0.39, 0.29) is 5.82 Å². The highest BCUT2D eigenvalue weighted by Gasteiger charge is 2.06. The number of H-pyrrole nitrogens is 1. The smallest absolute Gasteiger partial charge is 0.191 e. The lowest BCUT2D eigenvalue weighted by Crippen LogP contribution is -2.37. The zero-order chi connectivity index (χ0) is 22.2. The van der Waals surface area contributed by atoms with Crippen molar-refractivity contribution < 1.29 is 9.13 Å². The SMILES string of the molecule is CN=C(NCCc1c[nH]c2cc(F)ccc12)NCc1cccc(OCc2ccccn2)c1. The van der Waals surface area contributed by atoms with Crippen molar-refractivity contribution in [1.29, 1.82) is 0 Å². The summed E-state index contributed by atoms with van der Waals surface area (Å²) < 4.78 is 19.2. The van der Waals surface area contributed by atoms with Crippen molar-refractivity contribution in [2.75, 3.05) is 13.6 Å². The van der Waals surface area contributed by atoms with Gasteiger partial charge in [-0.15, -0.1) is 0 Å². The first-order valence-corrected chi connectivity index (χ1v) is 10.5. The molecule has 0 saturated heterocycles. The molecule has 164 valence electrons. The molecule has 2 aromatic carbocycles. The quantitative estimate of drug-likeness (QED) is 0.289. The van der Waals surface area contributed by atoms with Crippen molar-refractivity contribution >= 4 is 16.9 Å². The van der Waals surface area contributed by atoms with Gasteiger partial charge in [0.05, 0.1) is 5.69 Å². The van der Waals surface area contributed by atoms with E-state index >= 15 is 0 Å². The van der Waals surface area contributed by atoms with Crippen LogP contribution >= 0.6 is 0 Å². The maximum atomic E-state index is 13.4. The molecule has 3 N–H and O–H groups in total. The lowest BCUT2D eigenvalue weighted by atomic mass is 10.1. The number of hydrogen-bond acceptors (Lipinski definition) is 3. The lowest BCUT2D eigenvalue weighted by Gasteiger charge is -2.13. The maximum absolute atomic E-state index is 13.4. The summed E-state index contributed by atoms with van der Waals surface area (Å²) >= 11 is 0. The molecule has 0 aliphatic rings. The lowest BCUT2D eigenvalue weighted by molar-refractivity contribution is 0.301. The van der Waals surface area contributed by atoms with Gasteiger partial charge in [-0.3, -0.25) is 9.98 Å². The van der Waals surface area contributed by atoms with Gasteiger partial charge in [-0.1, -0.05) is 18.2 Å². The third-order valence-corrected chi connectivity index (χ3v) is 5.11. The van der Waals surface area contributed by atoms with E-state index in [1.165, 1.54) is 12.1 Å². The van der Waals surface area contributed by atoms with Crippen LogP contribution in [0.15, 0.2) is 78.0 Å². The van der Waals surface area contributed by atoms with Crippen LogP contribution in [-0.2, 0) is 19.6 Å². The molecule has 0 atom stereocenters. The number of fused-ring (bicyclic) bond motifs is 1. The van der Waals surface area contributed by atoms with Crippen LogP contribution in [0.2, 0.25) is 0 Å². The summed E-state index contributed by atoms with van der Waals surface area (Å²) in [5, 5.41) is 7.69. The Morgan fingerprint density at radius 2 is 2.03 bits per heavy atom. The first-order chi connectivity index (χ1) is 15.7. The molecule has 2 aromatic heterocycles. The number of halogens is 1. The molecule has 0 saturated carbocycles. The second kappa shape index (κ2) is 10.4. The molecule has 0 spiro atoms. The van der Waals surface area contributed by atoms with Crippen molar-refractivity contribution in [2.24, 2.45) is 4.99 Å². The summed E-state index contributed by atoms with van der Waals surface area (Å²) in [6.07, 6.45) is 4.48. The van der Waals surface area contributed by atoms with Gasteiger partial charge in [-0.05, 0) is 60.0 Å². The Labute approximate surface area is 186 Å². The number of aliphatic imine (C=N–C) groups is 1. The van der Waals surface area contributed by atoms with E-state index in [4.69, 9.17) is 4.74 Å². The summed E-state index contributed by atoms with van der Waals surface area (Å²) in [6, 6.07) is 18.5. The predicted molar refractivity (Wildman–Crippen MR) is 125 cm³/mol. The topological polar surface area (TPSA) is 74.3 Å². The Hall–Kier alpha value is -3.87. The molecule has 7 heteroatoms. The molecule has 0 radical (unpaired) electrons. The Kier molecular flexibility index (Phi) is 6.97. The minimum atomic E-state index is -0.236. The molecule has 4 aromatic rings. The van der Waals surface area contributed by atoms with E-state index < -0.39 is 0 Å². The van der Waals surface area contributed by atoms with Gasteiger partial charge in [-0.2, -0.15) is 0 Å². The number of nitrogens with one attached hydrogen (secondary N) is 3. The minimum absolute atomic E-state index is 0.236. The Bertz CT molecular complexity index is 1190. The third kappa shape index (κ3) is 5.63. The van der Waals surface area contributed by atoms with Crippen molar-refractivity contribution in [1.82, 2.24) is 20.6 Å². The summed E-state index contributed by atoms with van der Waals surface area (Å²) in [4.78, 5) is 11.7. The molecule has 2 heterocycles. The summed E-state index contributed by atoms with van der Waals surface area (Å²) in [5.74, 6) is 1.28. The number of benzene rings is 2. The molecule has 6 nitrogen and oxygen atoms in total. The average Bonchev–Trinajstić information content (AvgIpc) is 3.22. The number of ether oxygens (including phenoxy) is 1. The fraction of sp³-hybridized carbons (Fsp3) is 0.200. The van der Waals surface area contributed by atoms with Gasteiger partial charge < -0.3 is 20.4 Å². The van der Waals surface area contributed by atoms with Crippen LogP contribution in [0.4, 0.5) is 4.39 Å². The number of hydrogen-bond donors (Lipinski definition) is 3. The second-order valence-corrected chi connectivity index (χ2v) is 7.36. The molecular weight excluding hydrogens is 405 g/mol. The van der Waals surface area contributed by atoms with E-state index in [1.54, 1.807) is 13.2 Å². The van der Waals surface area contributed by atoms with E-state index in [0.717, 1.165) is 45.9 Å². The largest absolute Gasteiger partial charge is 0.487 e. The average molecular weight is 432 g/mol. The van der Waals surface area contributed by atoms with E-state index in [0.29, 0.717) is 19.7 Å². The van der Waals surface area contributed by atoms with Gasteiger partial charge >= 0.3 is 0 Å². The van der Waals surface area contributed by atoms with E-state index in [9.17, 15) is 4.39 Å². The number of rotatable bonds is 8. The summed E-state index contributed by atoms with van der Waals surface area (Å²) in [5.41, 5.74) is 3.93. The molecule has 4 rings (SSSR count). The monoisotopic (exact) mass is 431 g/mol. The number of nitrogens with zero attached hydrogens (tertiary/aromatic N) is 2. The highest BCUT2D eigenvalue weighted by Crippen LogP contribution is 2.19. The molecule has 0 unspecified atom stereocenters. The zero-order valence-electron chi connectivity index (χ0n) is 17.9. The molecule has 0 bridgehead atoms. The number of aromatic nitrogens is 2. The fourth-order valence-corrected chi connectivity index (χ4v) is 3.47. The molecule has 0 aliphatic heterocycles. The van der Waals surface area contributed by atoms with Crippen LogP contribution in [0.25, 0.3) is 10.9 Å². The van der Waals surface area contributed by atoms with E-state index in [1.807, 2.05) is 54.7 Å². The van der Waals surface area contributed by atoms with E-state index in [2.05, 4.69) is 25.6 Å². The summed E-state index contributed by atoms with van der Waals surface area (Å²) in [6.45, 7) is 1.76. The van der Waals surface area contributed by atoms with Gasteiger partial charge in [0.25, 0.3) is 0 Å². The minimum Gasteiger partial charge on any atom is -0.487 e. The molecule has 0 fully saturated rings. The number of guanidine groups is 1. The first-order valence-electron chi connectivity index (χ1n) is 10.5. The van der Waals surface area contributed by atoms with Gasteiger partial charge in [0.1, 0.15) is 18.2 Å². The van der Waals surface area contributed by atoms with Gasteiger partial charge in [-0.25, -0.2) is 4.39 Å². The van der Waals surface area contributed by atoms with Crippen LogP contribution in [0.5, 0.6) is 5.75 Å². The van der Waals surface area contributed by atoms with Crippen LogP contribution in [0, 0.1) is 5.82 Å². The Morgan fingerprint density at radius 3 is 2.88 bits per heavy atom. The van der Waals surface area contributed by atoms with Crippen LogP contribution in [0.1, 0.15) is 16.8 Å². The van der Waals surface area contributed by atoms with Crippen LogP contribution < -0.4 is 15.4 Å². The van der Waals surface area contributed by atoms with Crippen LogP contribution in [-0.4, -0.2) is 29.5 Å². The van der Waals surface area contributed by atoms with Gasteiger partial charge in [0, 0.05) is 43.4 Å². The fourth-order valence-electron chi connectivity index (χ4n) is 3.47. The molecule has 0 aliphatic carbocycles. The predicted octanol–water partition coefficient (Wildman–Crippen LogP) is 4.19. The molecule has 0 amide bonds. The maximum Gasteiger partial charge on any atom is 0.191 e. The van der Waals surface area contributed by atoms with Crippen molar-refractivity contribution in [3.8, 4) is 5.75 Å². The van der Waals surface area contributed by atoms with Crippen molar-refractivity contribution in [3.63, 3.8) is 0 Å². The zero-order valence-corrected chi connectivity index (χ0v) is 17.9. The Morgan fingerprint density at radius 1 is 1.09 bits per heavy atom. The third-order valence-electron chi connectivity index (χ3n) is 5.11. The first kappa shape index (κ1) is 21.4. The second-order valence-electron chi connectivity index (χ2n) is 7.36.